The maximum atomic E-state index is 4.91. The summed E-state index contributed by atoms with van der Waals surface area (Å²) in [7, 11) is 0. The van der Waals surface area contributed by atoms with Crippen LogP contribution in [0.15, 0.2) is 4.99 Å². The van der Waals surface area contributed by atoms with Gasteiger partial charge >= 0.3 is 0 Å². The summed E-state index contributed by atoms with van der Waals surface area (Å²) in [6.45, 7) is 2.28. The highest BCUT2D eigenvalue weighted by Crippen LogP contribution is 2.41. The zero-order valence-electron chi connectivity index (χ0n) is 10.9. The summed E-state index contributed by atoms with van der Waals surface area (Å²) in [6, 6.07) is 0.656. The third-order valence-electron chi connectivity index (χ3n) is 4.50. The Morgan fingerprint density at radius 1 is 1.35 bits per heavy atom. The maximum absolute atomic E-state index is 4.91. The molecule has 1 spiro atoms. The first-order valence-electron chi connectivity index (χ1n) is 7.30. The van der Waals surface area contributed by atoms with E-state index in [-0.39, 0.29) is 0 Å². The molecule has 0 bridgehead atoms. The minimum absolute atomic E-state index is 0.427. The number of nitrogens with one attached hydrogen (secondary N) is 1. The highest BCUT2D eigenvalue weighted by Gasteiger charge is 2.41. The number of thioether (sulfide) groups is 1. The van der Waals surface area contributed by atoms with Gasteiger partial charge in [0.2, 0.25) is 0 Å². The molecule has 2 unspecified atom stereocenters. The van der Waals surface area contributed by atoms with Crippen molar-refractivity contribution in [3.8, 4) is 0 Å². The average Bonchev–Trinajstić information content (AvgIpc) is 2.94. The highest BCUT2D eigenvalue weighted by molar-refractivity contribution is 8.14. The van der Waals surface area contributed by atoms with Crippen LogP contribution >= 0.6 is 11.8 Å². The molecular formula is C14H24N2S. The molecular weight excluding hydrogens is 228 g/mol. The minimum Gasteiger partial charge on any atom is -0.359 e. The Labute approximate surface area is 109 Å². The summed E-state index contributed by atoms with van der Waals surface area (Å²) in [5.41, 5.74) is 0.427. The largest absolute Gasteiger partial charge is 0.359 e. The van der Waals surface area contributed by atoms with Crippen LogP contribution in [0, 0.1) is 5.92 Å². The summed E-state index contributed by atoms with van der Waals surface area (Å²) >= 11 is 1.98. The molecule has 3 heteroatoms. The number of amidine groups is 1. The molecule has 3 rings (SSSR count). The smallest absolute Gasteiger partial charge is 0.157 e. The standard InChI is InChI=1S/C14H24N2S/c1-2-6-11-9-12(11)15-13-16-14(10-17-13)7-4-3-5-8-14/h11-12H,2-10H2,1H3,(H,15,16). The van der Waals surface area contributed by atoms with Gasteiger partial charge in [-0.2, -0.15) is 0 Å². The molecule has 0 amide bonds. The SMILES string of the molecule is CCCC1CC1N=C1NC2(CCCCC2)CS1. The molecule has 2 saturated carbocycles. The molecule has 96 valence electrons. The molecule has 3 aliphatic rings. The Bertz CT molecular complexity index is 307. The monoisotopic (exact) mass is 252 g/mol. The molecule has 0 aromatic heterocycles. The summed E-state index contributed by atoms with van der Waals surface area (Å²) < 4.78 is 0. The molecule has 17 heavy (non-hydrogen) atoms. The van der Waals surface area contributed by atoms with E-state index >= 15 is 0 Å². The van der Waals surface area contributed by atoms with E-state index in [9.17, 15) is 0 Å². The summed E-state index contributed by atoms with van der Waals surface area (Å²) in [5, 5.41) is 5.01. The average molecular weight is 252 g/mol. The normalized spacial score (nSPS) is 37.4. The molecule has 1 N–H and O–H groups in total. The summed E-state index contributed by atoms with van der Waals surface area (Å²) in [4.78, 5) is 4.91. The van der Waals surface area contributed by atoms with Crippen LogP contribution in [0.3, 0.4) is 0 Å². The molecule has 2 atom stereocenters. The minimum atomic E-state index is 0.427. The van der Waals surface area contributed by atoms with E-state index in [4.69, 9.17) is 4.99 Å². The Hall–Kier alpha value is -0.180. The molecule has 2 aliphatic carbocycles. The van der Waals surface area contributed by atoms with Crippen molar-refractivity contribution in [3.63, 3.8) is 0 Å². The first-order chi connectivity index (χ1) is 8.31. The van der Waals surface area contributed by atoms with Crippen molar-refractivity contribution in [1.29, 1.82) is 0 Å². The van der Waals surface area contributed by atoms with E-state index in [1.807, 2.05) is 11.8 Å². The maximum Gasteiger partial charge on any atom is 0.157 e. The van der Waals surface area contributed by atoms with Gasteiger partial charge in [0.05, 0.1) is 6.04 Å². The summed E-state index contributed by atoms with van der Waals surface area (Å²) in [5.74, 6) is 2.16. The Kier molecular flexibility index (Phi) is 3.38. The zero-order valence-corrected chi connectivity index (χ0v) is 11.7. The number of hydrogen-bond donors (Lipinski definition) is 1. The van der Waals surface area contributed by atoms with Crippen LogP contribution in [0.5, 0.6) is 0 Å². The number of nitrogens with zero attached hydrogens (tertiary/aromatic N) is 1. The molecule has 0 aromatic carbocycles. The van der Waals surface area contributed by atoms with Gasteiger partial charge in [0.15, 0.2) is 5.17 Å². The molecule has 0 aromatic rings. The topological polar surface area (TPSA) is 24.4 Å². The molecule has 1 heterocycles. The fourth-order valence-electron chi connectivity index (χ4n) is 3.29. The van der Waals surface area contributed by atoms with Gasteiger partial charge in [-0.05, 0) is 31.6 Å². The third kappa shape index (κ3) is 2.64. The van der Waals surface area contributed by atoms with Gasteiger partial charge in [-0.1, -0.05) is 44.4 Å². The molecule has 1 saturated heterocycles. The lowest BCUT2D eigenvalue weighted by Gasteiger charge is -2.32. The van der Waals surface area contributed by atoms with Crippen LogP contribution < -0.4 is 5.32 Å². The number of aliphatic imine (C=N–C) groups is 1. The van der Waals surface area contributed by atoms with Crippen LogP contribution in [0.25, 0.3) is 0 Å². The fourth-order valence-corrected chi connectivity index (χ4v) is 4.57. The van der Waals surface area contributed by atoms with Gasteiger partial charge in [0, 0.05) is 11.3 Å². The van der Waals surface area contributed by atoms with Crippen LogP contribution in [0.2, 0.25) is 0 Å². The second kappa shape index (κ2) is 4.83. The van der Waals surface area contributed by atoms with Crippen molar-refractivity contribution in [3.05, 3.63) is 0 Å². The second-order valence-electron chi connectivity index (χ2n) is 6.04. The van der Waals surface area contributed by atoms with Gasteiger partial charge in [-0.3, -0.25) is 4.99 Å². The highest BCUT2D eigenvalue weighted by atomic mass is 32.2. The van der Waals surface area contributed by atoms with Crippen LogP contribution in [0.4, 0.5) is 0 Å². The second-order valence-corrected chi connectivity index (χ2v) is 7.00. The molecule has 3 fully saturated rings. The fraction of sp³-hybridized carbons (Fsp3) is 0.929. The van der Waals surface area contributed by atoms with Gasteiger partial charge in [0.25, 0.3) is 0 Å². The Balaban J connectivity index is 1.55. The lowest BCUT2D eigenvalue weighted by Crippen LogP contribution is -2.45. The van der Waals surface area contributed by atoms with Crippen molar-refractivity contribution >= 4 is 16.9 Å². The van der Waals surface area contributed by atoms with Gasteiger partial charge in [-0.25, -0.2) is 0 Å². The van der Waals surface area contributed by atoms with Crippen molar-refractivity contribution in [2.75, 3.05) is 5.75 Å². The quantitative estimate of drug-likeness (QED) is 0.830. The van der Waals surface area contributed by atoms with Gasteiger partial charge < -0.3 is 5.32 Å². The molecule has 0 radical (unpaired) electrons. The number of hydrogen-bond acceptors (Lipinski definition) is 2. The van der Waals surface area contributed by atoms with Crippen molar-refractivity contribution in [2.24, 2.45) is 10.9 Å². The van der Waals surface area contributed by atoms with Crippen LogP contribution in [0.1, 0.15) is 58.3 Å². The zero-order chi connectivity index (χ0) is 11.7. The molecule has 2 nitrogen and oxygen atoms in total. The lowest BCUT2D eigenvalue weighted by atomic mass is 9.83. The first kappa shape index (κ1) is 11.9. The lowest BCUT2D eigenvalue weighted by molar-refractivity contribution is 0.303. The van der Waals surface area contributed by atoms with E-state index < -0.39 is 0 Å². The van der Waals surface area contributed by atoms with Crippen molar-refractivity contribution in [2.45, 2.75) is 69.9 Å². The first-order valence-corrected chi connectivity index (χ1v) is 8.29. The van der Waals surface area contributed by atoms with E-state index in [1.165, 1.54) is 62.3 Å². The van der Waals surface area contributed by atoms with Crippen LogP contribution in [-0.4, -0.2) is 22.5 Å². The Morgan fingerprint density at radius 3 is 2.94 bits per heavy atom. The van der Waals surface area contributed by atoms with E-state index in [2.05, 4.69) is 12.2 Å². The predicted molar refractivity (Wildman–Crippen MR) is 75.6 cm³/mol. The van der Waals surface area contributed by atoms with E-state index in [0.29, 0.717) is 11.6 Å². The summed E-state index contributed by atoms with van der Waals surface area (Å²) in [6.07, 6.45) is 11.0. The van der Waals surface area contributed by atoms with E-state index in [0.717, 1.165) is 5.92 Å². The number of rotatable bonds is 3. The third-order valence-corrected chi connectivity index (χ3v) is 5.67. The van der Waals surface area contributed by atoms with Gasteiger partial charge in [0.1, 0.15) is 0 Å². The molecule has 1 aliphatic heterocycles. The van der Waals surface area contributed by atoms with Crippen molar-refractivity contribution < 1.29 is 0 Å². The Morgan fingerprint density at radius 2 is 2.18 bits per heavy atom. The predicted octanol–water partition coefficient (Wildman–Crippen LogP) is 3.57. The van der Waals surface area contributed by atoms with Gasteiger partial charge in [-0.15, -0.1) is 0 Å². The van der Waals surface area contributed by atoms with Crippen LogP contribution in [-0.2, 0) is 0 Å². The van der Waals surface area contributed by atoms with Crippen molar-refractivity contribution in [1.82, 2.24) is 5.32 Å². The van der Waals surface area contributed by atoms with E-state index in [1.54, 1.807) is 0 Å².